The summed E-state index contributed by atoms with van der Waals surface area (Å²) in [5, 5.41) is 0. The molecule has 0 bridgehead atoms. The van der Waals surface area contributed by atoms with E-state index < -0.39 is 10.8 Å². The van der Waals surface area contributed by atoms with Crippen LogP contribution in [0.2, 0.25) is 0 Å². The van der Waals surface area contributed by atoms with E-state index in [2.05, 4.69) is 0 Å². The number of ether oxygens (including phenoxy) is 1. The minimum Gasteiger partial charge on any atom is -0.490 e. The number of nitrogens with zero attached hydrogens (tertiary/aromatic N) is 1. The number of anilines is 1. The fraction of sp³-hybridized carbons (Fsp3) is 0.188. The van der Waals surface area contributed by atoms with Crippen LogP contribution >= 0.6 is 0 Å². The third-order valence-corrected chi connectivity index (χ3v) is 4.34. The third kappa shape index (κ3) is 2.69. The summed E-state index contributed by atoms with van der Waals surface area (Å²) in [6.07, 6.45) is 1.62. The Balaban J connectivity index is 1.91. The maximum atomic E-state index is 12.6. The van der Waals surface area contributed by atoms with Gasteiger partial charge in [-0.2, -0.15) is 0 Å². The maximum absolute atomic E-state index is 12.6. The molecule has 0 spiro atoms. The molecule has 0 radical (unpaired) electrons. The van der Waals surface area contributed by atoms with Gasteiger partial charge in [-0.15, -0.1) is 0 Å². The molecule has 1 heterocycles. The molecule has 108 valence electrons. The van der Waals surface area contributed by atoms with E-state index in [1.807, 2.05) is 24.3 Å². The molecule has 1 unspecified atom stereocenters. The Bertz CT molecular complexity index is 697. The smallest absolute Gasteiger partial charge is 0.258 e. The van der Waals surface area contributed by atoms with Crippen molar-refractivity contribution in [2.45, 2.75) is 4.90 Å². The molecule has 1 aliphatic rings. The first-order chi connectivity index (χ1) is 10.2. The van der Waals surface area contributed by atoms with Crippen molar-refractivity contribution in [2.75, 3.05) is 24.3 Å². The van der Waals surface area contributed by atoms with Crippen LogP contribution in [0.25, 0.3) is 0 Å². The summed E-state index contributed by atoms with van der Waals surface area (Å²) in [4.78, 5) is 15.1. The van der Waals surface area contributed by atoms with Crippen LogP contribution in [-0.4, -0.2) is 29.5 Å². The van der Waals surface area contributed by atoms with Crippen LogP contribution in [0.5, 0.6) is 5.75 Å². The van der Waals surface area contributed by atoms with Crippen LogP contribution in [0.4, 0.5) is 5.69 Å². The van der Waals surface area contributed by atoms with Crippen LogP contribution in [0.15, 0.2) is 53.4 Å². The molecule has 0 fully saturated rings. The van der Waals surface area contributed by atoms with Crippen LogP contribution in [-0.2, 0) is 10.8 Å². The molecule has 5 heteroatoms. The second kappa shape index (κ2) is 5.69. The van der Waals surface area contributed by atoms with Gasteiger partial charge in [0.25, 0.3) is 5.91 Å². The van der Waals surface area contributed by atoms with Gasteiger partial charge in [-0.05, 0) is 36.4 Å². The van der Waals surface area contributed by atoms with Crippen LogP contribution in [0.1, 0.15) is 10.4 Å². The van der Waals surface area contributed by atoms with E-state index in [1.54, 1.807) is 35.4 Å². The molecule has 0 aliphatic carbocycles. The first-order valence-electron chi connectivity index (χ1n) is 6.64. The van der Waals surface area contributed by atoms with Crippen molar-refractivity contribution < 1.29 is 13.7 Å². The van der Waals surface area contributed by atoms with Crippen molar-refractivity contribution in [2.24, 2.45) is 0 Å². The van der Waals surface area contributed by atoms with E-state index >= 15 is 0 Å². The highest BCUT2D eigenvalue weighted by molar-refractivity contribution is 7.84. The molecule has 1 atom stereocenters. The Morgan fingerprint density at radius 3 is 2.57 bits per heavy atom. The topological polar surface area (TPSA) is 46.6 Å². The van der Waals surface area contributed by atoms with Gasteiger partial charge < -0.3 is 9.64 Å². The van der Waals surface area contributed by atoms with Gasteiger partial charge in [0.1, 0.15) is 12.4 Å². The second-order valence-electron chi connectivity index (χ2n) is 4.75. The molecular weight excluding hydrogens is 286 g/mol. The van der Waals surface area contributed by atoms with Crippen LogP contribution < -0.4 is 9.64 Å². The lowest BCUT2D eigenvalue weighted by Gasteiger charge is -2.29. The quantitative estimate of drug-likeness (QED) is 0.856. The molecule has 0 aromatic heterocycles. The number of amides is 1. The standard InChI is InChI=1S/C16H15NO3S/c1-21(19)13-8-6-12(7-9-13)16(18)17-10-11-20-15-5-3-2-4-14(15)17/h2-9H,10-11H2,1H3. The number of carbonyl (C=O) groups excluding carboxylic acids is 1. The average molecular weight is 301 g/mol. The highest BCUT2D eigenvalue weighted by atomic mass is 32.2. The number of para-hydroxylation sites is 2. The van der Waals surface area contributed by atoms with Gasteiger partial charge in [0.05, 0.1) is 12.2 Å². The van der Waals surface area contributed by atoms with Crippen LogP contribution in [0, 0.1) is 0 Å². The summed E-state index contributed by atoms with van der Waals surface area (Å²) in [5.74, 6) is 0.655. The molecule has 0 N–H and O–H groups in total. The lowest BCUT2D eigenvalue weighted by molar-refractivity contribution is 0.0976. The van der Waals surface area contributed by atoms with E-state index in [1.165, 1.54) is 0 Å². The number of hydrogen-bond acceptors (Lipinski definition) is 3. The van der Waals surface area contributed by atoms with E-state index in [9.17, 15) is 9.00 Å². The minimum absolute atomic E-state index is 0.0702. The fourth-order valence-electron chi connectivity index (χ4n) is 2.33. The largest absolute Gasteiger partial charge is 0.490 e. The van der Waals surface area contributed by atoms with Gasteiger partial charge >= 0.3 is 0 Å². The Kier molecular flexibility index (Phi) is 3.75. The zero-order valence-electron chi connectivity index (χ0n) is 11.6. The zero-order valence-corrected chi connectivity index (χ0v) is 12.4. The van der Waals surface area contributed by atoms with Crippen LogP contribution in [0.3, 0.4) is 0 Å². The third-order valence-electron chi connectivity index (χ3n) is 3.41. The normalized spacial score (nSPS) is 15.0. The van der Waals surface area contributed by atoms with Gasteiger partial charge in [0.2, 0.25) is 0 Å². The monoisotopic (exact) mass is 301 g/mol. The molecule has 0 saturated heterocycles. The van der Waals surface area contributed by atoms with E-state index in [4.69, 9.17) is 4.74 Å². The number of benzene rings is 2. The predicted molar refractivity (Wildman–Crippen MR) is 82.4 cm³/mol. The van der Waals surface area contributed by atoms with Crippen molar-refractivity contribution >= 4 is 22.4 Å². The number of carbonyl (C=O) groups is 1. The number of fused-ring (bicyclic) bond motifs is 1. The molecule has 4 nitrogen and oxygen atoms in total. The average Bonchev–Trinajstić information content (AvgIpc) is 2.53. The van der Waals surface area contributed by atoms with E-state index in [0.29, 0.717) is 23.6 Å². The van der Waals surface area contributed by atoms with Crippen molar-refractivity contribution in [3.8, 4) is 5.75 Å². The molecule has 1 aliphatic heterocycles. The Labute approximate surface area is 125 Å². The van der Waals surface area contributed by atoms with Gasteiger partial charge in [-0.3, -0.25) is 9.00 Å². The second-order valence-corrected chi connectivity index (χ2v) is 6.13. The Hall–Kier alpha value is -2.14. The SMILES string of the molecule is CS(=O)c1ccc(C(=O)N2CCOc3ccccc32)cc1. The molecule has 21 heavy (non-hydrogen) atoms. The van der Waals surface area contributed by atoms with Gasteiger partial charge in [-0.25, -0.2) is 0 Å². The predicted octanol–water partition coefficient (Wildman–Crippen LogP) is 2.46. The van der Waals surface area contributed by atoms with E-state index in [-0.39, 0.29) is 5.91 Å². The highest BCUT2D eigenvalue weighted by Gasteiger charge is 2.24. The number of rotatable bonds is 2. The van der Waals surface area contributed by atoms with Gasteiger partial charge in [-0.1, -0.05) is 12.1 Å². The summed E-state index contributed by atoms with van der Waals surface area (Å²) < 4.78 is 16.9. The summed E-state index contributed by atoms with van der Waals surface area (Å²) in [5.41, 5.74) is 1.37. The highest BCUT2D eigenvalue weighted by Crippen LogP contribution is 2.31. The zero-order chi connectivity index (χ0) is 14.8. The summed E-state index contributed by atoms with van der Waals surface area (Å²) in [7, 11) is -1.04. The van der Waals surface area contributed by atoms with Crippen molar-refractivity contribution in [3.05, 3.63) is 54.1 Å². The molecule has 0 saturated carbocycles. The fourth-order valence-corrected chi connectivity index (χ4v) is 2.84. The summed E-state index contributed by atoms with van der Waals surface area (Å²) in [6.45, 7) is 1.01. The van der Waals surface area contributed by atoms with Gasteiger partial charge in [0.15, 0.2) is 0 Å². The summed E-state index contributed by atoms with van der Waals surface area (Å²) >= 11 is 0. The molecule has 2 aromatic rings. The summed E-state index contributed by atoms with van der Waals surface area (Å²) in [6, 6.07) is 14.4. The van der Waals surface area contributed by atoms with E-state index in [0.717, 1.165) is 11.4 Å². The van der Waals surface area contributed by atoms with Gasteiger partial charge in [0, 0.05) is 27.5 Å². The van der Waals surface area contributed by atoms with Crippen molar-refractivity contribution in [1.82, 2.24) is 0 Å². The first-order valence-corrected chi connectivity index (χ1v) is 8.20. The number of hydrogen-bond donors (Lipinski definition) is 0. The molecule has 1 amide bonds. The molecule has 3 rings (SSSR count). The molecular formula is C16H15NO3S. The molecule has 2 aromatic carbocycles. The first kappa shape index (κ1) is 13.8. The lowest BCUT2D eigenvalue weighted by atomic mass is 10.1. The Morgan fingerprint density at radius 2 is 1.86 bits per heavy atom. The maximum Gasteiger partial charge on any atom is 0.258 e. The van der Waals surface area contributed by atoms with Crippen molar-refractivity contribution in [1.29, 1.82) is 0 Å². The Morgan fingerprint density at radius 1 is 1.14 bits per heavy atom. The minimum atomic E-state index is -1.04. The lowest BCUT2D eigenvalue weighted by Crippen LogP contribution is -2.37. The van der Waals surface area contributed by atoms with Crippen molar-refractivity contribution in [3.63, 3.8) is 0 Å².